The number of hydrazone groups is 1. The van der Waals surface area contributed by atoms with Crippen LogP contribution in [-0.2, 0) is 6.42 Å². The Labute approximate surface area is 195 Å². The summed E-state index contributed by atoms with van der Waals surface area (Å²) < 4.78 is 15.3. The monoisotopic (exact) mass is 453 g/mol. The standard InChI is InChI=1S/C25H32FN5S/c1-30-9-11-31(12-10-30)24-16-22(23(26)15-21(24)17-28-29-25(27)32)20-8-7-19(14-20)13-18-5-3-2-4-6-18/h2-6,15-17,19-20H,7-14H2,1H3,(H3,27,29,32)/b28-17+. The van der Waals surface area contributed by atoms with Crippen LogP contribution in [0.4, 0.5) is 10.1 Å². The molecule has 1 aliphatic carbocycles. The van der Waals surface area contributed by atoms with Gasteiger partial charge in [0.15, 0.2) is 5.11 Å². The van der Waals surface area contributed by atoms with Crippen molar-refractivity contribution in [2.45, 2.75) is 31.6 Å². The number of rotatable bonds is 6. The molecule has 4 rings (SSSR count). The second-order valence-electron chi connectivity index (χ2n) is 9.02. The molecule has 1 heterocycles. The number of thiocarbonyl (C=S) groups is 1. The van der Waals surface area contributed by atoms with E-state index in [0.717, 1.165) is 68.7 Å². The van der Waals surface area contributed by atoms with Crippen molar-refractivity contribution in [3.05, 3.63) is 65.0 Å². The predicted molar refractivity (Wildman–Crippen MR) is 134 cm³/mol. The van der Waals surface area contributed by atoms with E-state index in [2.05, 4.69) is 63.8 Å². The molecular weight excluding hydrogens is 421 g/mol. The molecule has 1 saturated carbocycles. The molecule has 1 saturated heterocycles. The molecule has 2 fully saturated rings. The number of benzene rings is 2. The Balaban J connectivity index is 1.56. The van der Waals surface area contributed by atoms with Gasteiger partial charge in [-0.2, -0.15) is 5.10 Å². The van der Waals surface area contributed by atoms with E-state index in [4.69, 9.17) is 18.0 Å². The number of anilines is 1. The van der Waals surface area contributed by atoms with E-state index in [1.165, 1.54) is 5.56 Å². The minimum Gasteiger partial charge on any atom is -0.375 e. The normalized spacial score (nSPS) is 21.9. The summed E-state index contributed by atoms with van der Waals surface area (Å²) in [5.41, 5.74) is 12.0. The summed E-state index contributed by atoms with van der Waals surface area (Å²) in [6.45, 7) is 3.78. The first-order valence-electron chi connectivity index (χ1n) is 11.4. The largest absolute Gasteiger partial charge is 0.375 e. The number of nitrogens with one attached hydrogen (secondary N) is 1. The van der Waals surface area contributed by atoms with Gasteiger partial charge in [0.2, 0.25) is 0 Å². The third kappa shape index (κ3) is 5.64. The first-order valence-corrected chi connectivity index (χ1v) is 11.8. The van der Waals surface area contributed by atoms with Gasteiger partial charge in [0.05, 0.1) is 6.21 Å². The predicted octanol–water partition coefficient (Wildman–Crippen LogP) is 3.87. The van der Waals surface area contributed by atoms with Crippen LogP contribution in [0.15, 0.2) is 47.6 Å². The van der Waals surface area contributed by atoms with Gasteiger partial charge >= 0.3 is 0 Å². The fraction of sp³-hybridized carbons (Fsp3) is 0.440. The molecule has 32 heavy (non-hydrogen) atoms. The fourth-order valence-corrected chi connectivity index (χ4v) is 5.04. The highest BCUT2D eigenvalue weighted by Crippen LogP contribution is 2.42. The third-order valence-corrected chi connectivity index (χ3v) is 6.81. The highest BCUT2D eigenvalue weighted by Gasteiger charge is 2.29. The lowest BCUT2D eigenvalue weighted by Crippen LogP contribution is -2.45. The molecule has 1 aliphatic heterocycles. The van der Waals surface area contributed by atoms with Crippen molar-refractivity contribution in [2.24, 2.45) is 16.8 Å². The van der Waals surface area contributed by atoms with Crippen molar-refractivity contribution in [1.82, 2.24) is 10.3 Å². The van der Waals surface area contributed by atoms with Gasteiger partial charge in [-0.05, 0) is 80.0 Å². The van der Waals surface area contributed by atoms with E-state index in [0.29, 0.717) is 5.92 Å². The first-order chi connectivity index (χ1) is 15.5. The summed E-state index contributed by atoms with van der Waals surface area (Å²) in [6.07, 6.45) is 5.90. The zero-order valence-corrected chi connectivity index (χ0v) is 19.5. The number of likely N-dealkylation sites (N-methyl/N-ethyl adjacent to an activating group) is 1. The fourth-order valence-electron chi connectivity index (χ4n) is 4.99. The summed E-state index contributed by atoms with van der Waals surface area (Å²) in [4.78, 5) is 4.65. The summed E-state index contributed by atoms with van der Waals surface area (Å²) in [6, 6.07) is 14.3. The molecule has 0 bridgehead atoms. The van der Waals surface area contributed by atoms with Gasteiger partial charge < -0.3 is 15.5 Å². The lowest BCUT2D eigenvalue weighted by atomic mass is 9.91. The minimum atomic E-state index is -0.148. The first kappa shape index (κ1) is 22.7. The van der Waals surface area contributed by atoms with Crippen LogP contribution in [0.3, 0.4) is 0 Å². The molecule has 170 valence electrons. The molecule has 0 amide bonds. The van der Waals surface area contributed by atoms with Gasteiger partial charge in [-0.3, -0.25) is 5.43 Å². The molecule has 3 N–H and O–H groups in total. The van der Waals surface area contributed by atoms with Crippen molar-refractivity contribution < 1.29 is 4.39 Å². The van der Waals surface area contributed by atoms with Crippen molar-refractivity contribution in [3.8, 4) is 0 Å². The van der Waals surface area contributed by atoms with Crippen LogP contribution in [0.25, 0.3) is 0 Å². The lowest BCUT2D eigenvalue weighted by molar-refractivity contribution is 0.312. The van der Waals surface area contributed by atoms with E-state index in [1.54, 1.807) is 12.3 Å². The molecule has 0 aromatic heterocycles. The van der Waals surface area contributed by atoms with Crippen LogP contribution in [0.1, 0.15) is 41.9 Å². The number of hydrogen-bond donors (Lipinski definition) is 2. The average molecular weight is 454 g/mol. The van der Waals surface area contributed by atoms with Gasteiger partial charge in [-0.15, -0.1) is 0 Å². The van der Waals surface area contributed by atoms with E-state index in [-0.39, 0.29) is 16.8 Å². The molecule has 2 atom stereocenters. The SMILES string of the molecule is CN1CCN(c2cc(C3CCC(Cc4ccccc4)C3)c(F)cc2/C=N/NC(N)=S)CC1. The van der Waals surface area contributed by atoms with Gasteiger partial charge in [0.25, 0.3) is 0 Å². The highest BCUT2D eigenvalue weighted by molar-refractivity contribution is 7.80. The van der Waals surface area contributed by atoms with Crippen molar-refractivity contribution in [3.63, 3.8) is 0 Å². The topological polar surface area (TPSA) is 56.9 Å². The Morgan fingerprint density at radius 2 is 1.94 bits per heavy atom. The van der Waals surface area contributed by atoms with Crippen LogP contribution < -0.4 is 16.1 Å². The van der Waals surface area contributed by atoms with E-state index in [1.807, 2.05) is 0 Å². The van der Waals surface area contributed by atoms with Crippen LogP contribution in [0, 0.1) is 11.7 Å². The average Bonchev–Trinajstić information content (AvgIpc) is 3.23. The minimum absolute atomic E-state index is 0.0925. The van der Waals surface area contributed by atoms with Gasteiger partial charge in [-0.1, -0.05) is 30.3 Å². The molecular formula is C25H32FN5S. The molecule has 0 radical (unpaired) electrons. The maximum Gasteiger partial charge on any atom is 0.184 e. The number of nitrogens with two attached hydrogens (primary N) is 1. The Hall–Kier alpha value is -2.51. The Morgan fingerprint density at radius 1 is 1.19 bits per heavy atom. The molecule has 5 nitrogen and oxygen atoms in total. The van der Waals surface area contributed by atoms with E-state index < -0.39 is 0 Å². The van der Waals surface area contributed by atoms with Gasteiger partial charge in [0, 0.05) is 37.4 Å². The Morgan fingerprint density at radius 3 is 2.66 bits per heavy atom. The number of halogens is 1. The summed E-state index contributed by atoms with van der Waals surface area (Å²) in [7, 11) is 2.13. The van der Waals surface area contributed by atoms with E-state index >= 15 is 4.39 Å². The maximum atomic E-state index is 15.3. The van der Waals surface area contributed by atoms with Gasteiger partial charge in [0.1, 0.15) is 5.82 Å². The number of hydrogen-bond acceptors (Lipinski definition) is 4. The second kappa shape index (κ2) is 10.4. The second-order valence-corrected chi connectivity index (χ2v) is 9.46. The number of piperazine rings is 1. The van der Waals surface area contributed by atoms with Crippen LogP contribution in [0.2, 0.25) is 0 Å². The third-order valence-electron chi connectivity index (χ3n) is 6.72. The molecule has 2 aliphatic rings. The molecule has 7 heteroatoms. The summed E-state index contributed by atoms with van der Waals surface area (Å²) >= 11 is 4.82. The molecule has 0 spiro atoms. The van der Waals surface area contributed by atoms with Crippen LogP contribution in [0.5, 0.6) is 0 Å². The maximum absolute atomic E-state index is 15.3. The molecule has 2 unspecified atom stereocenters. The van der Waals surface area contributed by atoms with E-state index in [9.17, 15) is 0 Å². The molecule has 2 aromatic carbocycles. The zero-order valence-electron chi connectivity index (χ0n) is 18.6. The lowest BCUT2D eigenvalue weighted by Gasteiger charge is -2.35. The summed E-state index contributed by atoms with van der Waals surface area (Å²) in [5, 5.41) is 4.19. The smallest absolute Gasteiger partial charge is 0.184 e. The quantitative estimate of drug-likeness (QED) is 0.395. The molecule has 2 aromatic rings. The van der Waals surface area contributed by atoms with Gasteiger partial charge in [-0.25, -0.2) is 4.39 Å². The zero-order chi connectivity index (χ0) is 22.5. The van der Waals surface area contributed by atoms with Crippen LogP contribution >= 0.6 is 12.2 Å². The Bertz CT molecular complexity index is 956. The number of nitrogens with zero attached hydrogens (tertiary/aromatic N) is 3. The van der Waals surface area contributed by atoms with Crippen LogP contribution in [-0.4, -0.2) is 49.5 Å². The summed E-state index contributed by atoms with van der Waals surface area (Å²) in [5.74, 6) is 0.713. The van der Waals surface area contributed by atoms with Crippen molar-refractivity contribution >= 4 is 29.2 Å². The van der Waals surface area contributed by atoms with Crippen molar-refractivity contribution in [1.29, 1.82) is 0 Å². The highest BCUT2D eigenvalue weighted by atomic mass is 32.1. The van der Waals surface area contributed by atoms with Crippen molar-refractivity contribution in [2.75, 3.05) is 38.1 Å². The Kier molecular flexibility index (Phi) is 7.37.